The lowest BCUT2D eigenvalue weighted by molar-refractivity contribution is -0.137. The summed E-state index contributed by atoms with van der Waals surface area (Å²) in [6.45, 7) is 3.25. The van der Waals surface area contributed by atoms with Crippen LogP contribution < -0.4 is 0 Å². The second-order valence-corrected chi connectivity index (χ2v) is 6.38. The molecule has 1 saturated heterocycles. The first-order valence-electron chi connectivity index (χ1n) is 8.21. The maximum absolute atomic E-state index is 13.4. The van der Waals surface area contributed by atoms with Gasteiger partial charge in [-0.05, 0) is 30.9 Å². The Balaban J connectivity index is 2.01. The standard InChI is InChI=1S/C20H23NO2/c1-20(16-8-4-2-5-9-16,17-10-6-3-7-11-17)19(23)21-14-12-18(22)13-15-21/h2-11,18,22H,12-15H2,1H3. The minimum Gasteiger partial charge on any atom is -0.393 e. The van der Waals surface area contributed by atoms with Gasteiger partial charge in [0.15, 0.2) is 0 Å². The monoisotopic (exact) mass is 309 g/mol. The lowest BCUT2D eigenvalue weighted by Gasteiger charge is -2.38. The Bertz CT molecular complexity index is 606. The molecule has 1 aliphatic heterocycles. The fourth-order valence-electron chi connectivity index (χ4n) is 3.34. The molecule has 3 rings (SSSR count). The van der Waals surface area contributed by atoms with Gasteiger partial charge in [-0.1, -0.05) is 60.7 Å². The van der Waals surface area contributed by atoms with E-state index >= 15 is 0 Å². The van der Waals surface area contributed by atoms with Gasteiger partial charge in [0.2, 0.25) is 5.91 Å². The van der Waals surface area contributed by atoms with E-state index in [1.165, 1.54) is 0 Å². The highest BCUT2D eigenvalue weighted by atomic mass is 16.3. The van der Waals surface area contributed by atoms with Gasteiger partial charge in [0.05, 0.1) is 11.5 Å². The van der Waals surface area contributed by atoms with Crippen LogP contribution in [0.25, 0.3) is 0 Å². The van der Waals surface area contributed by atoms with Crippen LogP contribution in [-0.2, 0) is 10.2 Å². The third-order valence-electron chi connectivity index (χ3n) is 4.88. The van der Waals surface area contributed by atoms with Crippen molar-refractivity contribution in [3.63, 3.8) is 0 Å². The Morgan fingerprint density at radius 1 is 0.957 bits per heavy atom. The Hall–Kier alpha value is -2.13. The quantitative estimate of drug-likeness (QED) is 0.947. The third-order valence-corrected chi connectivity index (χ3v) is 4.88. The van der Waals surface area contributed by atoms with Gasteiger partial charge in [0.1, 0.15) is 0 Å². The molecule has 0 unspecified atom stereocenters. The number of nitrogens with zero attached hydrogens (tertiary/aromatic N) is 1. The fraction of sp³-hybridized carbons (Fsp3) is 0.350. The van der Waals surface area contributed by atoms with Crippen molar-refractivity contribution in [2.24, 2.45) is 0 Å². The summed E-state index contributed by atoms with van der Waals surface area (Å²) >= 11 is 0. The molecule has 1 aliphatic rings. The number of carbonyl (C=O) groups excluding carboxylic acids is 1. The highest BCUT2D eigenvalue weighted by Gasteiger charge is 2.40. The molecule has 0 aromatic heterocycles. The number of aliphatic hydroxyl groups is 1. The van der Waals surface area contributed by atoms with Crippen LogP contribution >= 0.6 is 0 Å². The van der Waals surface area contributed by atoms with Crippen molar-refractivity contribution < 1.29 is 9.90 Å². The first kappa shape index (κ1) is 15.8. The molecule has 0 atom stereocenters. The van der Waals surface area contributed by atoms with Crippen LogP contribution in [0.5, 0.6) is 0 Å². The largest absolute Gasteiger partial charge is 0.393 e. The van der Waals surface area contributed by atoms with Gasteiger partial charge in [0, 0.05) is 13.1 Å². The minimum atomic E-state index is -0.704. The number of rotatable bonds is 3. The molecule has 1 N–H and O–H groups in total. The normalized spacial score (nSPS) is 16.3. The van der Waals surface area contributed by atoms with Gasteiger partial charge in [-0.15, -0.1) is 0 Å². The Labute approximate surface area is 137 Å². The minimum absolute atomic E-state index is 0.113. The van der Waals surface area contributed by atoms with Crippen molar-refractivity contribution >= 4 is 5.91 Å². The zero-order chi connectivity index (χ0) is 16.3. The highest BCUT2D eigenvalue weighted by molar-refractivity contribution is 5.91. The van der Waals surface area contributed by atoms with Crippen LogP contribution in [0, 0.1) is 0 Å². The van der Waals surface area contributed by atoms with Crippen LogP contribution in [0.3, 0.4) is 0 Å². The predicted octanol–water partition coefficient (Wildman–Crippen LogP) is 2.98. The zero-order valence-corrected chi connectivity index (χ0v) is 13.5. The molecule has 120 valence electrons. The second-order valence-electron chi connectivity index (χ2n) is 6.38. The van der Waals surface area contributed by atoms with E-state index in [4.69, 9.17) is 0 Å². The molecule has 0 bridgehead atoms. The van der Waals surface area contributed by atoms with Crippen LogP contribution in [0.15, 0.2) is 60.7 Å². The Kier molecular flexibility index (Phi) is 4.49. The number of hydrogen-bond donors (Lipinski definition) is 1. The molecule has 1 fully saturated rings. The van der Waals surface area contributed by atoms with E-state index in [1.807, 2.05) is 72.5 Å². The molecule has 0 radical (unpaired) electrons. The van der Waals surface area contributed by atoms with Crippen molar-refractivity contribution in [2.45, 2.75) is 31.3 Å². The number of likely N-dealkylation sites (tertiary alicyclic amines) is 1. The number of hydrogen-bond acceptors (Lipinski definition) is 2. The van der Waals surface area contributed by atoms with E-state index in [0.29, 0.717) is 25.9 Å². The molecule has 1 heterocycles. The van der Waals surface area contributed by atoms with Crippen molar-refractivity contribution in [1.82, 2.24) is 4.90 Å². The van der Waals surface area contributed by atoms with Gasteiger partial charge >= 0.3 is 0 Å². The van der Waals surface area contributed by atoms with Gasteiger partial charge in [-0.2, -0.15) is 0 Å². The molecule has 1 amide bonds. The Morgan fingerprint density at radius 3 is 1.83 bits per heavy atom. The maximum atomic E-state index is 13.4. The predicted molar refractivity (Wildman–Crippen MR) is 91.2 cm³/mol. The van der Waals surface area contributed by atoms with Gasteiger partial charge in [0.25, 0.3) is 0 Å². The highest BCUT2D eigenvalue weighted by Crippen LogP contribution is 2.34. The lowest BCUT2D eigenvalue weighted by Crippen LogP contribution is -2.49. The number of piperidine rings is 1. The molecular weight excluding hydrogens is 286 g/mol. The molecule has 2 aromatic rings. The van der Waals surface area contributed by atoms with Crippen LogP contribution in [0.2, 0.25) is 0 Å². The summed E-state index contributed by atoms with van der Waals surface area (Å²) in [7, 11) is 0. The molecule has 0 saturated carbocycles. The first-order chi connectivity index (χ1) is 11.1. The molecule has 23 heavy (non-hydrogen) atoms. The van der Waals surface area contributed by atoms with E-state index in [-0.39, 0.29) is 12.0 Å². The van der Waals surface area contributed by atoms with Crippen LogP contribution in [0.1, 0.15) is 30.9 Å². The molecule has 0 aliphatic carbocycles. The van der Waals surface area contributed by atoms with Crippen LogP contribution in [0.4, 0.5) is 0 Å². The summed E-state index contributed by atoms with van der Waals surface area (Å²) < 4.78 is 0. The number of amides is 1. The van der Waals surface area contributed by atoms with Gasteiger partial charge in [-0.3, -0.25) is 4.79 Å². The van der Waals surface area contributed by atoms with Crippen molar-refractivity contribution in [3.8, 4) is 0 Å². The third kappa shape index (κ3) is 3.02. The first-order valence-corrected chi connectivity index (χ1v) is 8.21. The SMILES string of the molecule is CC(C(=O)N1CCC(O)CC1)(c1ccccc1)c1ccccc1. The average Bonchev–Trinajstić information content (AvgIpc) is 2.62. The topological polar surface area (TPSA) is 40.5 Å². The second kappa shape index (κ2) is 6.55. The average molecular weight is 309 g/mol. The number of benzene rings is 2. The van der Waals surface area contributed by atoms with Crippen molar-refractivity contribution in [1.29, 1.82) is 0 Å². The lowest BCUT2D eigenvalue weighted by atomic mass is 9.74. The zero-order valence-electron chi connectivity index (χ0n) is 13.5. The summed E-state index contributed by atoms with van der Waals surface area (Å²) in [4.78, 5) is 15.3. The van der Waals surface area contributed by atoms with Crippen molar-refractivity contribution in [3.05, 3.63) is 71.8 Å². The summed E-state index contributed by atoms with van der Waals surface area (Å²) in [5, 5.41) is 9.71. The summed E-state index contributed by atoms with van der Waals surface area (Å²) in [6, 6.07) is 19.9. The summed E-state index contributed by atoms with van der Waals surface area (Å²) in [5.41, 5.74) is 1.30. The summed E-state index contributed by atoms with van der Waals surface area (Å²) in [5.74, 6) is 0.113. The van der Waals surface area contributed by atoms with Crippen molar-refractivity contribution in [2.75, 3.05) is 13.1 Å². The van der Waals surface area contributed by atoms with E-state index in [0.717, 1.165) is 11.1 Å². The number of carbonyl (C=O) groups is 1. The fourth-order valence-corrected chi connectivity index (χ4v) is 3.34. The Morgan fingerprint density at radius 2 is 1.39 bits per heavy atom. The maximum Gasteiger partial charge on any atom is 0.237 e. The van der Waals surface area contributed by atoms with E-state index in [2.05, 4.69) is 0 Å². The molecule has 3 heteroatoms. The van der Waals surface area contributed by atoms with E-state index in [9.17, 15) is 9.90 Å². The van der Waals surface area contributed by atoms with E-state index in [1.54, 1.807) is 0 Å². The molecule has 3 nitrogen and oxygen atoms in total. The van der Waals surface area contributed by atoms with E-state index < -0.39 is 5.41 Å². The smallest absolute Gasteiger partial charge is 0.237 e. The molecule has 0 spiro atoms. The molecular formula is C20H23NO2. The molecule has 2 aromatic carbocycles. The van der Waals surface area contributed by atoms with Crippen LogP contribution in [-0.4, -0.2) is 35.1 Å². The summed E-state index contributed by atoms with van der Waals surface area (Å²) in [6.07, 6.45) is 1.04. The van der Waals surface area contributed by atoms with Gasteiger partial charge < -0.3 is 10.0 Å². The number of aliphatic hydroxyl groups excluding tert-OH is 1. The van der Waals surface area contributed by atoms with Gasteiger partial charge in [-0.25, -0.2) is 0 Å².